The molecule has 0 radical (unpaired) electrons. The van der Waals surface area contributed by atoms with Crippen molar-refractivity contribution in [3.8, 4) is 11.1 Å². The molecule has 0 aromatic heterocycles. The monoisotopic (exact) mass is 239 g/mol. The maximum Gasteiger partial charge on any atom is 0.269 e. The first kappa shape index (κ1) is 11.0. The molecule has 2 aromatic rings. The lowest BCUT2D eigenvalue weighted by Crippen LogP contribution is -1.95. The molecule has 0 saturated heterocycles. The van der Waals surface area contributed by atoms with Crippen molar-refractivity contribution >= 4 is 5.69 Å². The van der Waals surface area contributed by atoms with Crippen molar-refractivity contribution in [2.75, 3.05) is 0 Å². The Morgan fingerprint density at radius 3 is 2.56 bits per heavy atom. The molecule has 90 valence electrons. The van der Waals surface area contributed by atoms with E-state index in [1.165, 1.54) is 11.1 Å². The fraction of sp³-hybridized carbons (Fsp3) is 0.200. The van der Waals surface area contributed by atoms with Crippen LogP contribution in [0.15, 0.2) is 42.5 Å². The average molecular weight is 239 g/mol. The molecule has 0 aliphatic heterocycles. The molecule has 18 heavy (non-hydrogen) atoms. The highest BCUT2D eigenvalue weighted by Gasteiger charge is 2.28. The number of hydrogen-bond acceptors (Lipinski definition) is 2. The van der Waals surface area contributed by atoms with Crippen LogP contribution in [0, 0.1) is 10.1 Å². The predicted molar refractivity (Wildman–Crippen MR) is 70.7 cm³/mol. The molecule has 0 bridgehead atoms. The summed E-state index contributed by atoms with van der Waals surface area (Å²) in [7, 11) is 0. The average Bonchev–Trinajstić information content (AvgIpc) is 2.71. The second-order valence-electron chi connectivity index (χ2n) is 4.58. The molecular weight excluding hydrogens is 226 g/mol. The summed E-state index contributed by atoms with van der Waals surface area (Å²) >= 11 is 0. The second-order valence-corrected chi connectivity index (χ2v) is 4.58. The summed E-state index contributed by atoms with van der Waals surface area (Å²) in [5.41, 5.74) is 4.92. The van der Waals surface area contributed by atoms with Gasteiger partial charge in [-0.3, -0.25) is 10.1 Å². The molecule has 0 spiro atoms. The van der Waals surface area contributed by atoms with Gasteiger partial charge in [0.25, 0.3) is 5.69 Å². The second kappa shape index (κ2) is 3.95. The Morgan fingerprint density at radius 1 is 1.11 bits per heavy atom. The van der Waals surface area contributed by atoms with E-state index in [0.29, 0.717) is 0 Å². The highest BCUT2D eigenvalue weighted by atomic mass is 16.6. The highest BCUT2D eigenvalue weighted by Crippen LogP contribution is 2.47. The molecule has 1 aliphatic carbocycles. The lowest BCUT2D eigenvalue weighted by atomic mass is 9.94. The minimum Gasteiger partial charge on any atom is -0.258 e. The lowest BCUT2D eigenvalue weighted by molar-refractivity contribution is -0.384. The molecule has 2 aromatic carbocycles. The molecule has 0 saturated carbocycles. The molecule has 0 heterocycles. The van der Waals surface area contributed by atoms with Crippen LogP contribution in [-0.4, -0.2) is 4.92 Å². The Bertz CT molecular complexity index is 634. The van der Waals surface area contributed by atoms with Gasteiger partial charge in [0.15, 0.2) is 0 Å². The van der Waals surface area contributed by atoms with Crippen LogP contribution in [0.4, 0.5) is 5.69 Å². The van der Waals surface area contributed by atoms with Crippen LogP contribution in [0.2, 0.25) is 0 Å². The van der Waals surface area contributed by atoms with Crippen molar-refractivity contribution < 1.29 is 4.92 Å². The van der Waals surface area contributed by atoms with Crippen LogP contribution in [0.3, 0.4) is 0 Å². The fourth-order valence-electron chi connectivity index (χ4n) is 2.85. The van der Waals surface area contributed by atoms with Gasteiger partial charge in [-0.25, -0.2) is 0 Å². The third kappa shape index (κ3) is 1.44. The number of hydrogen-bond donors (Lipinski definition) is 0. The van der Waals surface area contributed by atoms with Gasteiger partial charge in [0, 0.05) is 18.1 Å². The Morgan fingerprint density at radius 2 is 1.83 bits per heavy atom. The van der Waals surface area contributed by atoms with Crippen LogP contribution in [0.1, 0.15) is 30.4 Å². The standard InChI is InChI=1S/C15H13NO2/c1-2-11-12-5-3-4-6-13(12)14-8-7-10(16(17)18)9-15(11)14/h3-9,11H,2H2,1H3/t11-/m1/s1. The Kier molecular flexibility index (Phi) is 2.40. The van der Waals surface area contributed by atoms with Gasteiger partial charge in [-0.2, -0.15) is 0 Å². The van der Waals surface area contributed by atoms with Crippen LogP contribution < -0.4 is 0 Å². The van der Waals surface area contributed by atoms with Gasteiger partial charge in [-0.15, -0.1) is 0 Å². The van der Waals surface area contributed by atoms with Crippen LogP contribution >= 0.6 is 0 Å². The summed E-state index contributed by atoms with van der Waals surface area (Å²) in [5.74, 6) is 0.288. The van der Waals surface area contributed by atoms with Gasteiger partial charge < -0.3 is 0 Å². The van der Waals surface area contributed by atoms with E-state index in [4.69, 9.17) is 0 Å². The van der Waals surface area contributed by atoms with E-state index < -0.39 is 0 Å². The van der Waals surface area contributed by atoms with Crippen molar-refractivity contribution in [1.82, 2.24) is 0 Å². The maximum absolute atomic E-state index is 10.9. The molecule has 3 rings (SSSR count). The van der Waals surface area contributed by atoms with E-state index in [-0.39, 0.29) is 16.5 Å². The number of non-ortho nitro benzene ring substituents is 1. The van der Waals surface area contributed by atoms with E-state index in [0.717, 1.165) is 17.5 Å². The molecule has 0 unspecified atom stereocenters. The molecule has 0 amide bonds. The Balaban J connectivity index is 2.24. The van der Waals surface area contributed by atoms with E-state index in [1.807, 2.05) is 18.2 Å². The zero-order chi connectivity index (χ0) is 12.7. The first-order chi connectivity index (χ1) is 8.72. The van der Waals surface area contributed by atoms with E-state index in [9.17, 15) is 10.1 Å². The van der Waals surface area contributed by atoms with Gasteiger partial charge in [0.2, 0.25) is 0 Å². The zero-order valence-electron chi connectivity index (χ0n) is 10.1. The maximum atomic E-state index is 10.9. The number of benzene rings is 2. The molecule has 0 fully saturated rings. The molecule has 3 heteroatoms. The smallest absolute Gasteiger partial charge is 0.258 e. The third-order valence-electron chi connectivity index (χ3n) is 3.66. The minimum absolute atomic E-state index is 0.181. The normalized spacial score (nSPS) is 16.2. The SMILES string of the molecule is CC[C@@H]1c2ccccc2-c2ccc([N+](=O)[O-])cc21. The molecule has 0 N–H and O–H groups in total. The van der Waals surface area contributed by atoms with Crippen LogP contribution in [0.5, 0.6) is 0 Å². The quantitative estimate of drug-likeness (QED) is 0.584. The summed E-state index contributed by atoms with van der Waals surface area (Å²) in [6.07, 6.45) is 0.963. The van der Waals surface area contributed by atoms with Crippen molar-refractivity contribution in [1.29, 1.82) is 0 Å². The number of rotatable bonds is 2. The number of nitrogens with zero attached hydrogens (tertiary/aromatic N) is 1. The molecular formula is C15H13NO2. The van der Waals surface area contributed by atoms with Crippen molar-refractivity contribution in [3.63, 3.8) is 0 Å². The Labute approximate surface area is 105 Å². The minimum atomic E-state index is -0.323. The summed E-state index contributed by atoms with van der Waals surface area (Å²) in [6, 6.07) is 13.5. The fourth-order valence-corrected chi connectivity index (χ4v) is 2.85. The highest BCUT2D eigenvalue weighted by molar-refractivity contribution is 5.79. The third-order valence-corrected chi connectivity index (χ3v) is 3.66. The number of fused-ring (bicyclic) bond motifs is 3. The summed E-state index contributed by atoms with van der Waals surface area (Å²) < 4.78 is 0. The largest absolute Gasteiger partial charge is 0.269 e. The van der Waals surface area contributed by atoms with Gasteiger partial charge >= 0.3 is 0 Å². The summed E-state index contributed by atoms with van der Waals surface area (Å²) in [4.78, 5) is 10.6. The zero-order valence-corrected chi connectivity index (χ0v) is 10.1. The van der Waals surface area contributed by atoms with Crippen LogP contribution in [0.25, 0.3) is 11.1 Å². The summed E-state index contributed by atoms with van der Waals surface area (Å²) in [5, 5.41) is 10.9. The van der Waals surface area contributed by atoms with Gasteiger partial charge in [0.05, 0.1) is 4.92 Å². The first-order valence-corrected chi connectivity index (χ1v) is 6.10. The van der Waals surface area contributed by atoms with E-state index in [2.05, 4.69) is 19.1 Å². The van der Waals surface area contributed by atoms with Crippen molar-refractivity contribution in [3.05, 3.63) is 63.7 Å². The lowest BCUT2D eigenvalue weighted by Gasteiger charge is -2.09. The van der Waals surface area contributed by atoms with Gasteiger partial charge in [-0.1, -0.05) is 31.2 Å². The Hall–Kier alpha value is -2.16. The van der Waals surface area contributed by atoms with Crippen LogP contribution in [-0.2, 0) is 0 Å². The van der Waals surface area contributed by atoms with Crippen molar-refractivity contribution in [2.24, 2.45) is 0 Å². The van der Waals surface area contributed by atoms with Gasteiger partial charge in [0.1, 0.15) is 0 Å². The molecule has 1 atom stereocenters. The predicted octanol–water partition coefficient (Wildman–Crippen LogP) is 4.12. The van der Waals surface area contributed by atoms with Gasteiger partial charge in [-0.05, 0) is 34.7 Å². The number of nitro groups is 1. The first-order valence-electron chi connectivity index (χ1n) is 6.10. The molecule has 3 nitrogen and oxygen atoms in total. The molecule has 1 aliphatic rings. The van der Waals surface area contributed by atoms with Crippen molar-refractivity contribution in [2.45, 2.75) is 19.3 Å². The van der Waals surface area contributed by atoms with E-state index >= 15 is 0 Å². The van der Waals surface area contributed by atoms with E-state index in [1.54, 1.807) is 12.1 Å². The number of nitro benzene ring substituents is 1. The topological polar surface area (TPSA) is 43.1 Å². The summed E-state index contributed by atoms with van der Waals surface area (Å²) in [6.45, 7) is 2.12.